The van der Waals surface area contributed by atoms with E-state index in [0.717, 1.165) is 26.8 Å². The van der Waals surface area contributed by atoms with E-state index >= 15 is 0 Å². The van der Waals surface area contributed by atoms with Crippen molar-refractivity contribution in [2.75, 3.05) is 0 Å². The highest BCUT2D eigenvalue weighted by atomic mass is 79.9. The van der Waals surface area contributed by atoms with Gasteiger partial charge < -0.3 is 10.4 Å². The number of hydrogen-bond donors (Lipinski definition) is 2. The zero-order valence-electron chi connectivity index (χ0n) is 11.7. The minimum Gasteiger partial charge on any atom is -0.465 e. The Morgan fingerprint density at radius 3 is 2.68 bits per heavy atom. The van der Waals surface area contributed by atoms with E-state index in [1.165, 1.54) is 0 Å². The molecule has 1 aromatic carbocycles. The van der Waals surface area contributed by atoms with E-state index in [1.54, 1.807) is 23.8 Å². The number of aromatic nitrogens is 3. The van der Waals surface area contributed by atoms with Crippen molar-refractivity contribution in [3.63, 3.8) is 0 Å². The van der Waals surface area contributed by atoms with Gasteiger partial charge in [0.2, 0.25) is 0 Å². The first-order chi connectivity index (χ1) is 10.5. The molecule has 2 heterocycles. The molecule has 3 rings (SSSR count). The van der Waals surface area contributed by atoms with Crippen LogP contribution in [0.3, 0.4) is 0 Å². The quantitative estimate of drug-likeness (QED) is 0.749. The van der Waals surface area contributed by atoms with Crippen LogP contribution in [0.4, 0.5) is 4.79 Å². The predicted octanol–water partition coefficient (Wildman–Crippen LogP) is 3.49. The average Bonchev–Trinajstić information content (AvgIpc) is 2.88. The summed E-state index contributed by atoms with van der Waals surface area (Å²) in [6, 6.07) is 7.43. The van der Waals surface area contributed by atoms with Gasteiger partial charge in [-0.1, -0.05) is 24.3 Å². The molecule has 0 bridgehead atoms. The summed E-state index contributed by atoms with van der Waals surface area (Å²) in [5.74, 6) is 0. The number of benzene rings is 1. The minimum atomic E-state index is -1.03. The molecular formula is C15H13BrN4O2. The lowest BCUT2D eigenvalue weighted by Crippen LogP contribution is -2.24. The van der Waals surface area contributed by atoms with Crippen LogP contribution in [0.2, 0.25) is 0 Å². The fraction of sp³-hybridized carbons (Fsp3) is 0.133. The molecule has 0 aliphatic heterocycles. The van der Waals surface area contributed by atoms with Crippen molar-refractivity contribution in [3.8, 4) is 11.1 Å². The predicted molar refractivity (Wildman–Crippen MR) is 85.7 cm³/mol. The van der Waals surface area contributed by atoms with Crippen LogP contribution < -0.4 is 5.32 Å². The summed E-state index contributed by atoms with van der Waals surface area (Å²) in [5, 5.41) is 15.4. The lowest BCUT2D eigenvalue weighted by molar-refractivity contribution is 0.191. The molecular weight excluding hydrogens is 348 g/mol. The topological polar surface area (TPSA) is 79.5 Å². The van der Waals surface area contributed by atoms with Gasteiger partial charge in [0.25, 0.3) is 0 Å². The average molecular weight is 361 g/mol. The van der Waals surface area contributed by atoms with Gasteiger partial charge in [-0.3, -0.25) is 0 Å². The molecule has 112 valence electrons. The molecule has 0 saturated heterocycles. The zero-order chi connectivity index (χ0) is 15.7. The van der Waals surface area contributed by atoms with Crippen LogP contribution in [-0.4, -0.2) is 25.8 Å². The fourth-order valence-corrected chi connectivity index (χ4v) is 2.60. The Morgan fingerprint density at radius 2 is 2.00 bits per heavy atom. The largest absolute Gasteiger partial charge is 0.465 e. The standard InChI is InChI=1S/C15H13BrN4O2/c1-9(19-15(21)22)10-2-4-11(5-3-10)12-6-17-14-13(16)7-18-20(14)8-12/h2-9,19H,1H3,(H,21,22). The van der Waals surface area contributed by atoms with Crippen molar-refractivity contribution in [3.05, 3.63) is 52.9 Å². The maximum Gasteiger partial charge on any atom is 0.405 e. The van der Waals surface area contributed by atoms with Crippen LogP contribution in [0.1, 0.15) is 18.5 Å². The second-order valence-electron chi connectivity index (χ2n) is 4.90. The first kappa shape index (κ1) is 14.5. The van der Waals surface area contributed by atoms with Gasteiger partial charge in [0, 0.05) is 18.0 Å². The van der Waals surface area contributed by atoms with E-state index in [2.05, 4.69) is 31.3 Å². The van der Waals surface area contributed by atoms with Gasteiger partial charge in [0.05, 0.1) is 16.7 Å². The van der Waals surface area contributed by atoms with Gasteiger partial charge in [0.1, 0.15) is 0 Å². The molecule has 0 aliphatic rings. The van der Waals surface area contributed by atoms with E-state index in [1.807, 2.05) is 30.5 Å². The summed E-state index contributed by atoms with van der Waals surface area (Å²) in [7, 11) is 0. The highest BCUT2D eigenvalue weighted by Gasteiger charge is 2.09. The highest BCUT2D eigenvalue weighted by Crippen LogP contribution is 2.23. The zero-order valence-corrected chi connectivity index (χ0v) is 13.3. The highest BCUT2D eigenvalue weighted by molar-refractivity contribution is 9.10. The number of fused-ring (bicyclic) bond motifs is 1. The molecule has 0 aliphatic carbocycles. The number of carbonyl (C=O) groups is 1. The van der Waals surface area contributed by atoms with Crippen LogP contribution in [0.15, 0.2) is 47.3 Å². The normalized spacial score (nSPS) is 12.3. The lowest BCUT2D eigenvalue weighted by Gasteiger charge is -2.12. The van der Waals surface area contributed by atoms with E-state index in [4.69, 9.17) is 5.11 Å². The van der Waals surface area contributed by atoms with Crippen LogP contribution in [0, 0.1) is 0 Å². The van der Waals surface area contributed by atoms with Crippen molar-refractivity contribution < 1.29 is 9.90 Å². The lowest BCUT2D eigenvalue weighted by atomic mass is 10.0. The Balaban J connectivity index is 1.89. The molecule has 22 heavy (non-hydrogen) atoms. The number of halogens is 1. The van der Waals surface area contributed by atoms with Crippen LogP contribution in [0.25, 0.3) is 16.8 Å². The molecule has 0 saturated carbocycles. The number of amides is 1. The van der Waals surface area contributed by atoms with E-state index in [9.17, 15) is 4.79 Å². The molecule has 1 unspecified atom stereocenters. The number of nitrogens with one attached hydrogen (secondary N) is 1. The van der Waals surface area contributed by atoms with Crippen molar-refractivity contribution in [1.29, 1.82) is 0 Å². The third-order valence-corrected chi connectivity index (χ3v) is 3.96. The molecule has 1 atom stereocenters. The number of nitrogens with zero attached hydrogens (tertiary/aromatic N) is 3. The number of rotatable bonds is 3. The summed E-state index contributed by atoms with van der Waals surface area (Å²) in [5.41, 5.74) is 3.60. The van der Waals surface area contributed by atoms with Gasteiger partial charge >= 0.3 is 6.09 Å². The van der Waals surface area contributed by atoms with Gasteiger partial charge in [-0.15, -0.1) is 0 Å². The van der Waals surface area contributed by atoms with Crippen LogP contribution in [-0.2, 0) is 0 Å². The van der Waals surface area contributed by atoms with Gasteiger partial charge in [-0.05, 0) is 34.0 Å². The Bertz CT molecular complexity index is 829. The Kier molecular flexibility index (Phi) is 3.81. The second-order valence-corrected chi connectivity index (χ2v) is 5.75. The Morgan fingerprint density at radius 1 is 1.27 bits per heavy atom. The molecule has 6 nitrogen and oxygen atoms in total. The maximum atomic E-state index is 10.7. The first-order valence-corrected chi connectivity index (χ1v) is 7.42. The molecule has 0 fully saturated rings. The Labute approximate surface area is 134 Å². The van der Waals surface area contributed by atoms with Crippen LogP contribution >= 0.6 is 15.9 Å². The van der Waals surface area contributed by atoms with Gasteiger partial charge in [0.15, 0.2) is 5.65 Å². The molecule has 0 spiro atoms. The van der Waals surface area contributed by atoms with Crippen molar-refractivity contribution >= 4 is 27.7 Å². The summed E-state index contributed by atoms with van der Waals surface area (Å²) >= 11 is 3.39. The van der Waals surface area contributed by atoms with Crippen molar-refractivity contribution in [2.24, 2.45) is 0 Å². The molecule has 7 heteroatoms. The monoisotopic (exact) mass is 360 g/mol. The van der Waals surface area contributed by atoms with E-state index in [0.29, 0.717) is 0 Å². The smallest absolute Gasteiger partial charge is 0.405 e. The molecule has 0 radical (unpaired) electrons. The third kappa shape index (κ3) is 2.80. The molecule has 2 N–H and O–H groups in total. The first-order valence-electron chi connectivity index (χ1n) is 6.63. The SMILES string of the molecule is CC(NC(=O)O)c1ccc(-c2cnc3c(Br)cnn3c2)cc1. The third-order valence-electron chi connectivity index (χ3n) is 3.40. The summed E-state index contributed by atoms with van der Waals surface area (Å²) in [4.78, 5) is 15.0. The summed E-state index contributed by atoms with van der Waals surface area (Å²) < 4.78 is 2.56. The Hall–Kier alpha value is -2.41. The number of carboxylic acid groups (broad SMARTS) is 1. The maximum absolute atomic E-state index is 10.7. The molecule has 1 amide bonds. The molecule has 2 aromatic heterocycles. The van der Waals surface area contributed by atoms with Gasteiger partial charge in [-0.2, -0.15) is 5.10 Å². The molecule has 3 aromatic rings. The van der Waals surface area contributed by atoms with E-state index < -0.39 is 6.09 Å². The fourth-order valence-electron chi connectivity index (χ4n) is 2.23. The second kappa shape index (κ2) is 5.76. The van der Waals surface area contributed by atoms with Crippen molar-refractivity contribution in [1.82, 2.24) is 19.9 Å². The summed E-state index contributed by atoms with van der Waals surface area (Å²) in [6.07, 6.45) is 4.36. The number of hydrogen-bond acceptors (Lipinski definition) is 3. The van der Waals surface area contributed by atoms with Crippen LogP contribution in [0.5, 0.6) is 0 Å². The van der Waals surface area contributed by atoms with E-state index in [-0.39, 0.29) is 6.04 Å². The van der Waals surface area contributed by atoms with Crippen molar-refractivity contribution in [2.45, 2.75) is 13.0 Å². The summed E-state index contributed by atoms with van der Waals surface area (Å²) in [6.45, 7) is 1.80. The van der Waals surface area contributed by atoms with Gasteiger partial charge in [-0.25, -0.2) is 14.3 Å². The minimum absolute atomic E-state index is 0.255.